The smallest absolute Gasteiger partial charge is 0.337 e. The van der Waals surface area contributed by atoms with Crippen molar-refractivity contribution in [3.05, 3.63) is 93.0 Å². The molecule has 0 aliphatic carbocycles. The van der Waals surface area contributed by atoms with Crippen LogP contribution in [-0.4, -0.2) is 38.0 Å². The number of rotatable bonds is 7. The Morgan fingerprint density at radius 2 is 1.68 bits per heavy atom. The number of benzene rings is 3. The maximum Gasteiger partial charge on any atom is 0.337 e. The van der Waals surface area contributed by atoms with Crippen LogP contribution in [0.2, 0.25) is 10.0 Å². The molecule has 1 aliphatic rings. The fraction of sp³-hybridized carbons (Fsp3) is 0.111. The van der Waals surface area contributed by atoms with Crippen molar-refractivity contribution in [1.29, 1.82) is 0 Å². The van der Waals surface area contributed by atoms with Gasteiger partial charge in [-0.1, -0.05) is 41.4 Å². The summed E-state index contributed by atoms with van der Waals surface area (Å²) in [5, 5.41) is 2.84. The summed E-state index contributed by atoms with van der Waals surface area (Å²) in [5.41, 5.74) is 1.16. The summed E-state index contributed by atoms with van der Waals surface area (Å²) in [6, 6.07) is 14.8. The average molecular weight is 555 g/mol. The summed E-state index contributed by atoms with van der Waals surface area (Å²) in [6.07, 6.45) is 1.28. The lowest BCUT2D eigenvalue weighted by Gasteiger charge is -2.26. The van der Waals surface area contributed by atoms with Gasteiger partial charge in [-0.15, -0.1) is 0 Å². The molecule has 4 rings (SSSR count). The third kappa shape index (κ3) is 5.49. The monoisotopic (exact) mass is 554 g/mol. The Kier molecular flexibility index (Phi) is 7.99. The Morgan fingerprint density at radius 1 is 0.974 bits per heavy atom. The molecule has 1 N–H and O–H groups in total. The number of esters is 1. The van der Waals surface area contributed by atoms with Crippen molar-refractivity contribution in [2.24, 2.45) is 0 Å². The highest BCUT2D eigenvalue weighted by atomic mass is 35.5. The molecule has 194 valence electrons. The second-order valence-corrected chi connectivity index (χ2v) is 8.72. The van der Waals surface area contributed by atoms with Crippen molar-refractivity contribution in [2.75, 3.05) is 19.1 Å². The number of nitrogens with zero attached hydrogens (tertiary/aromatic N) is 1. The zero-order valence-electron chi connectivity index (χ0n) is 20.1. The first-order valence-corrected chi connectivity index (χ1v) is 11.8. The van der Waals surface area contributed by atoms with E-state index >= 15 is 0 Å². The third-order valence-corrected chi connectivity index (χ3v) is 6.19. The van der Waals surface area contributed by atoms with E-state index in [1.165, 1.54) is 56.7 Å². The standard InChI is InChI=1S/C27H20Cl2N2O7/c1-36-22-13-15(12-21(29)23(22)38-14-17-5-3-4-6-20(17)28)11-19-24(32)30-27(35)31(25(19)33)18-9-7-16(8-10-18)26(34)37-2/h3-13H,14H2,1-2H3,(H,30,32,35)/b19-11+. The van der Waals surface area contributed by atoms with E-state index in [0.717, 1.165) is 10.5 Å². The Labute approximate surface area is 227 Å². The summed E-state index contributed by atoms with van der Waals surface area (Å²) >= 11 is 12.6. The van der Waals surface area contributed by atoms with E-state index in [-0.39, 0.29) is 40.0 Å². The molecule has 38 heavy (non-hydrogen) atoms. The van der Waals surface area contributed by atoms with E-state index in [4.69, 9.17) is 32.7 Å². The van der Waals surface area contributed by atoms with Crippen LogP contribution >= 0.6 is 23.2 Å². The number of methoxy groups -OCH3 is 2. The van der Waals surface area contributed by atoms with E-state index in [1.807, 2.05) is 12.1 Å². The number of hydrogen-bond acceptors (Lipinski definition) is 7. The molecular formula is C27H20Cl2N2O7. The van der Waals surface area contributed by atoms with Gasteiger partial charge in [0.1, 0.15) is 12.2 Å². The maximum atomic E-state index is 13.2. The van der Waals surface area contributed by atoms with Gasteiger partial charge in [0, 0.05) is 10.6 Å². The van der Waals surface area contributed by atoms with Crippen molar-refractivity contribution in [3.8, 4) is 11.5 Å². The van der Waals surface area contributed by atoms with Gasteiger partial charge in [0.25, 0.3) is 11.8 Å². The van der Waals surface area contributed by atoms with Gasteiger partial charge in [-0.25, -0.2) is 14.5 Å². The zero-order chi connectivity index (χ0) is 27.4. The number of barbiturate groups is 1. The molecule has 1 saturated heterocycles. The van der Waals surface area contributed by atoms with Crippen LogP contribution in [0.3, 0.4) is 0 Å². The SMILES string of the molecule is COC(=O)c1ccc(N2C(=O)NC(=O)/C(=C\c3cc(Cl)c(OCc4ccccc4Cl)c(OC)c3)C2=O)cc1. The lowest BCUT2D eigenvalue weighted by molar-refractivity contribution is -0.122. The van der Waals surface area contributed by atoms with Crippen LogP contribution in [0.4, 0.5) is 10.5 Å². The summed E-state index contributed by atoms with van der Waals surface area (Å²) in [4.78, 5) is 50.7. The zero-order valence-corrected chi connectivity index (χ0v) is 21.6. The minimum absolute atomic E-state index is 0.128. The molecule has 0 aromatic heterocycles. The number of carbonyl (C=O) groups is 4. The van der Waals surface area contributed by atoms with Gasteiger partial charge in [-0.05, 0) is 54.1 Å². The molecule has 0 atom stereocenters. The first-order valence-electron chi connectivity index (χ1n) is 11.1. The first-order chi connectivity index (χ1) is 18.2. The molecule has 0 radical (unpaired) electrons. The average Bonchev–Trinajstić information content (AvgIpc) is 2.90. The largest absolute Gasteiger partial charge is 0.493 e. The molecule has 1 heterocycles. The van der Waals surface area contributed by atoms with Gasteiger partial charge in [-0.2, -0.15) is 0 Å². The molecule has 1 fully saturated rings. The summed E-state index contributed by atoms with van der Waals surface area (Å²) in [7, 11) is 2.65. The number of amides is 4. The second kappa shape index (κ2) is 11.4. The number of anilines is 1. The lowest BCUT2D eigenvalue weighted by Crippen LogP contribution is -2.54. The highest BCUT2D eigenvalue weighted by Crippen LogP contribution is 2.38. The van der Waals surface area contributed by atoms with E-state index < -0.39 is 23.8 Å². The van der Waals surface area contributed by atoms with Crippen molar-refractivity contribution < 1.29 is 33.4 Å². The van der Waals surface area contributed by atoms with Gasteiger partial charge in [0.2, 0.25) is 0 Å². The normalized spacial score (nSPS) is 14.4. The topological polar surface area (TPSA) is 111 Å². The number of carbonyl (C=O) groups excluding carboxylic acids is 4. The molecule has 0 spiro atoms. The molecule has 3 aromatic carbocycles. The maximum absolute atomic E-state index is 13.2. The van der Waals surface area contributed by atoms with E-state index in [0.29, 0.717) is 10.6 Å². The number of ether oxygens (including phenoxy) is 3. The highest BCUT2D eigenvalue weighted by molar-refractivity contribution is 6.39. The third-order valence-electron chi connectivity index (χ3n) is 5.54. The summed E-state index contributed by atoms with van der Waals surface area (Å²) in [6.45, 7) is 0.128. The number of hydrogen-bond donors (Lipinski definition) is 1. The van der Waals surface area contributed by atoms with Crippen molar-refractivity contribution in [2.45, 2.75) is 6.61 Å². The fourth-order valence-electron chi connectivity index (χ4n) is 3.65. The summed E-state index contributed by atoms with van der Waals surface area (Å²) in [5.74, 6) is -1.81. The Hall–Kier alpha value is -4.34. The van der Waals surface area contributed by atoms with Crippen molar-refractivity contribution in [3.63, 3.8) is 0 Å². The van der Waals surface area contributed by atoms with E-state index in [9.17, 15) is 19.2 Å². The molecule has 1 aliphatic heterocycles. The van der Waals surface area contributed by atoms with Crippen LogP contribution in [0.5, 0.6) is 11.5 Å². The molecule has 9 nitrogen and oxygen atoms in total. The first kappa shape index (κ1) is 26.7. The highest BCUT2D eigenvalue weighted by Gasteiger charge is 2.37. The minimum atomic E-state index is -0.929. The molecule has 0 unspecified atom stereocenters. The van der Waals surface area contributed by atoms with Crippen LogP contribution in [0.25, 0.3) is 6.08 Å². The van der Waals surface area contributed by atoms with Gasteiger partial charge in [0.15, 0.2) is 11.5 Å². The molecular weight excluding hydrogens is 535 g/mol. The lowest BCUT2D eigenvalue weighted by atomic mass is 10.1. The predicted molar refractivity (Wildman–Crippen MR) is 141 cm³/mol. The molecule has 0 saturated carbocycles. The number of imide groups is 2. The van der Waals surface area contributed by atoms with Crippen molar-refractivity contribution >= 4 is 58.8 Å². The van der Waals surface area contributed by atoms with Crippen LogP contribution in [0, 0.1) is 0 Å². The van der Waals surface area contributed by atoms with Gasteiger partial charge < -0.3 is 14.2 Å². The Morgan fingerprint density at radius 3 is 2.34 bits per heavy atom. The van der Waals surface area contributed by atoms with E-state index in [1.54, 1.807) is 12.1 Å². The van der Waals surface area contributed by atoms with Gasteiger partial charge in [0.05, 0.1) is 30.5 Å². The van der Waals surface area contributed by atoms with Gasteiger partial charge in [-0.3, -0.25) is 14.9 Å². The Bertz CT molecular complexity index is 1470. The second-order valence-electron chi connectivity index (χ2n) is 7.91. The Balaban J connectivity index is 1.63. The predicted octanol–water partition coefficient (Wildman–Crippen LogP) is 5.03. The summed E-state index contributed by atoms with van der Waals surface area (Å²) < 4.78 is 15.9. The molecule has 4 amide bonds. The van der Waals surface area contributed by atoms with Crippen molar-refractivity contribution in [1.82, 2.24) is 5.32 Å². The quantitative estimate of drug-likeness (QED) is 0.247. The number of halogens is 2. The van der Waals surface area contributed by atoms with E-state index in [2.05, 4.69) is 10.1 Å². The van der Waals surface area contributed by atoms with Crippen LogP contribution in [-0.2, 0) is 20.9 Å². The van der Waals surface area contributed by atoms with Crippen LogP contribution in [0.1, 0.15) is 21.5 Å². The number of urea groups is 1. The molecule has 11 heteroatoms. The van der Waals surface area contributed by atoms with Crippen LogP contribution < -0.4 is 19.7 Å². The fourth-order valence-corrected chi connectivity index (χ4v) is 4.12. The molecule has 3 aromatic rings. The molecule has 0 bridgehead atoms. The minimum Gasteiger partial charge on any atom is -0.493 e. The number of nitrogens with one attached hydrogen (secondary N) is 1. The van der Waals surface area contributed by atoms with Crippen LogP contribution in [0.15, 0.2) is 66.2 Å². The van der Waals surface area contributed by atoms with Gasteiger partial charge >= 0.3 is 12.0 Å².